The summed E-state index contributed by atoms with van der Waals surface area (Å²) in [5, 5.41) is 0.242. The number of nitrogens with two attached hydrogens (primary N) is 1. The van der Waals surface area contributed by atoms with Crippen molar-refractivity contribution in [3.63, 3.8) is 0 Å². The lowest BCUT2D eigenvalue weighted by Crippen LogP contribution is -2.26. The van der Waals surface area contributed by atoms with E-state index < -0.39 is 0 Å². The molecular weight excluding hydrogens is 426 g/mol. The Morgan fingerprint density at radius 3 is 2.52 bits per heavy atom. The van der Waals surface area contributed by atoms with Crippen LogP contribution >= 0.6 is 11.8 Å². The second kappa shape index (κ2) is 15.9. The highest BCUT2D eigenvalue weighted by molar-refractivity contribution is 8.00. The van der Waals surface area contributed by atoms with Crippen molar-refractivity contribution in [1.82, 2.24) is 4.90 Å². The first kappa shape index (κ1) is 28.3. The van der Waals surface area contributed by atoms with Crippen LogP contribution in [-0.4, -0.2) is 35.9 Å². The zero-order valence-corrected chi connectivity index (χ0v) is 21.4. The largest absolute Gasteiger partial charge is 0.497 e. The van der Waals surface area contributed by atoms with E-state index in [1.807, 2.05) is 43.1 Å². The van der Waals surface area contributed by atoms with Crippen LogP contribution < -0.4 is 10.5 Å². The number of thioether (sulfide) groups is 1. The summed E-state index contributed by atoms with van der Waals surface area (Å²) < 4.78 is 5.30. The van der Waals surface area contributed by atoms with Gasteiger partial charge in [-0.2, -0.15) is 0 Å². The Kier molecular flexibility index (Phi) is 13.7. The van der Waals surface area contributed by atoms with Crippen molar-refractivity contribution in [2.75, 3.05) is 19.9 Å². The SMILES string of the molecule is C=C.C=C1C(C2=CCCC=C2)=CC(SCC(C)=N/C=C\C)N1Cc1ccc(OC)cc1.CN. The standard InChI is InChI=1S/C25H30N2OS.C2H4.CH5N/c1-5-15-26-19(2)18-29-25-16-24(22-9-7-6-8-10-22)20(3)27(25)17-21-11-13-23(28-4)14-12-21;2*1-2/h5,7,9-16,25H,3,6,8,17-18H2,1-2,4H3;1-2H2;2H2,1H3/b15-5-,26-19?;;. The zero-order chi connectivity index (χ0) is 24.6. The molecule has 1 heterocycles. The van der Waals surface area contributed by atoms with Gasteiger partial charge in [-0.25, -0.2) is 0 Å². The minimum Gasteiger partial charge on any atom is -0.497 e. The fourth-order valence-electron chi connectivity index (χ4n) is 3.41. The number of methoxy groups -OCH3 is 1. The van der Waals surface area contributed by atoms with Crippen molar-refractivity contribution < 1.29 is 4.74 Å². The van der Waals surface area contributed by atoms with Gasteiger partial charge in [-0.05, 0) is 63.1 Å². The van der Waals surface area contributed by atoms with Gasteiger partial charge >= 0.3 is 0 Å². The third-order valence-corrected chi connectivity index (χ3v) is 6.32. The van der Waals surface area contributed by atoms with Crippen LogP contribution in [0.4, 0.5) is 0 Å². The average molecular weight is 466 g/mol. The second-order valence-electron chi connectivity index (χ2n) is 7.19. The number of hydrogen-bond acceptors (Lipinski definition) is 5. The highest BCUT2D eigenvalue weighted by Gasteiger charge is 2.29. The summed E-state index contributed by atoms with van der Waals surface area (Å²) in [4.78, 5) is 6.87. The first-order valence-electron chi connectivity index (χ1n) is 11.1. The molecule has 0 spiro atoms. The lowest BCUT2D eigenvalue weighted by atomic mass is 9.98. The van der Waals surface area contributed by atoms with Crippen LogP contribution in [0.25, 0.3) is 0 Å². The first-order valence-corrected chi connectivity index (χ1v) is 12.2. The first-order chi connectivity index (χ1) is 16.1. The van der Waals surface area contributed by atoms with Gasteiger partial charge < -0.3 is 15.4 Å². The molecule has 1 aliphatic heterocycles. The number of ether oxygens (including phenoxy) is 1. The van der Waals surface area contributed by atoms with Crippen LogP contribution in [0.1, 0.15) is 32.3 Å². The van der Waals surface area contributed by atoms with Crippen molar-refractivity contribution in [2.24, 2.45) is 10.7 Å². The molecule has 0 aromatic heterocycles. The number of allylic oxidation sites excluding steroid dienone is 5. The molecule has 1 unspecified atom stereocenters. The maximum Gasteiger partial charge on any atom is 0.118 e. The summed E-state index contributed by atoms with van der Waals surface area (Å²) in [7, 11) is 3.20. The summed E-state index contributed by atoms with van der Waals surface area (Å²) in [6.07, 6.45) is 15.2. The van der Waals surface area contributed by atoms with Crippen LogP contribution in [0.15, 0.2) is 102 Å². The summed E-state index contributed by atoms with van der Waals surface area (Å²) >= 11 is 1.90. The molecule has 178 valence electrons. The average Bonchev–Trinajstić information content (AvgIpc) is 3.19. The normalized spacial score (nSPS) is 17.6. The van der Waals surface area contributed by atoms with Gasteiger partial charge in [-0.1, -0.05) is 43.0 Å². The Hall–Kier alpha value is -2.76. The summed E-state index contributed by atoms with van der Waals surface area (Å²) in [5.41, 5.74) is 10.5. The summed E-state index contributed by atoms with van der Waals surface area (Å²) in [6.45, 7) is 15.3. The van der Waals surface area contributed by atoms with E-state index in [2.05, 4.69) is 78.7 Å². The number of rotatable bonds is 8. The zero-order valence-electron chi connectivity index (χ0n) is 20.6. The Labute approximate surface area is 205 Å². The fourth-order valence-corrected chi connectivity index (χ4v) is 4.51. The number of benzene rings is 1. The Morgan fingerprint density at radius 1 is 1.24 bits per heavy atom. The van der Waals surface area contributed by atoms with E-state index in [0.29, 0.717) is 0 Å². The van der Waals surface area contributed by atoms with E-state index in [1.165, 1.54) is 23.8 Å². The molecule has 0 saturated heterocycles. The highest BCUT2D eigenvalue weighted by atomic mass is 32.2. The molecule has 1 atom stereocenters. The predicted molar refractivity (Wildman–Crippen MR) is 148 cm³/mol. The quantitative estimate of drug-likeness (QED) is 0.344. The smallest absolute Gasteiger partial charge is 0.118 e. The minimum atomic E-state index is 0.242. The molecule has 33 heavy (non-hydrogen) atoms. The van der Waals surface area contributed by atoms with E-state index >= 15 is 0 Å². The summed E-state index contributed by atoms with van der Waals surface area (Å²) in [6, 6.07) is 8.30. The predicted octanol–water partition coefficient (Wildman–Crippen LogP) is 6.66. The van der Waals surface area contributed by atoms with Crippen molar-refractivity contribution in [2.45, 2.75) is 38.6 Å². The molecule has 5 heteroatoms. The van der Waals surface area contributed by atoms with Gasteiger partial charge in [0.15, 0.2) is 0 Å². The molecule has 0 amide bonds. The van der Waals surface area contributed by atoms with Crippen LogP contribution in [0.5, 0.6) is 5.75 Å². The van der Waals surface area contributed by atoms with Crippen LogP contribution in [0, 0.1) is 0 Å². The lowest BCUT2D eigenvalue weighted by molar-refractivity contribution is 0.376. The monoisotopic (exact) mass is 465 g/mol. The van der Waals surface area contributed by atoms with Gasteiger partial charge in [0, 0.05) is 35.5 Å². The molecule has 0 fully saturated rings. The van der Waals surface area contributed by atoms with Gasteiger partial charge in [0.2, 0.25) is 0 Å². The van der Waals surface area contributed by atoms with Crippen molar-refractivity contribution in [3.05, 3.63) is 103 Å². The third-order valence-electron chi connectivity index (χ3n) is 5.00. The number of aliphatic imine (C=N–C) groups is 1. The molecule has 1 aromatic carbocycles. The van der Waals surface area contributed by atoms with E-state index in [0.717, 1.165) is 42.3 Å². The van der Waals surface area contributed by atoms with Gasteiger partial charge in [0.05, 0.1) is 12.5 Å². The molecule has 2 N–H and O–H groups in total. The maximum absolute atomic E-state index is 5.30. The third kappa shape index (κ3) is 8.60. The van der Waals surface area contributed by atoms with E-state index in [1.54, 1.807) is 7.11 Å². The van der Waals surface area contributed by atoms with E-state index in [9.17, 15) is 0 Å². The van der Waals surface area contributed by atoms with E-state index in [4.69, 9.17) is 4.74 Å². The second-order valence-corrected chi connectivity index (χ2v) is 8.30. The Morgan fingerprint density at radius 2 is 1.94 bits per heavy atom. The van der Waals surface area contributed by atoms with Crippen LogP contribution in [0.2, 0.25) is 0 Å². The topological polar surface area (TPSA) is 50.8 Å². The molecular formula is C28H39N3OS. The highest BCUT2D eigenvalue weighted by Crippen LogP contribution is 2.38. The van der Waals surface area contributed by atoms with Crippen LogP contribution in [0.3, 0.4) is 0 Å². The molecule has 1 aliphatic carbocycles. The lowest BCUT2D eigenvalue weighted by Gasteiger charge is -2.28. The molecule has 1 aromatic rings. The Balaban J connectivity index is 0.00000129. The molecule has 2 aliphatic rings. The Bertz CT molecular complexity index is 894. The van der Waals surface area contributed by atoms with Gasteiger partial charge in [0.25, 0.3) is 0 Å². The van der Waals surface area contributed by atoms with E-state index in [-0.39, 0.29) is 5.37 Å². The van der Waals surface area contributed by atoms with Crippen molar-refractivity contribution >= 4 is 17.5 Å². The maximum atomic E-state index is 5.30. The number of nitrogens with zero attached hydrogens (tertiary/aromatic N) is 2. The van der Waals surface area contributed by atoms with Crippen LogP contribution in [-0.2, 0) is 6.54 Å². The summed E-state index contributed by atoms with van der Waals surface area (Å²) in [5.74, 6) is 1.77. The van der Waals surface area contributed by atoms with Gasteiger partial charge in [0.1, 0.15) is 5.75 Å². The molecule has 0 saturated carbocycles. The van der Waals surface area contributed by atoms with Gasteiger partial charge in [-0.15, -0.1) is 24.9 Å². The fraction of sp³-hybridized carbons (Fsp3) is 0.321. The van der Waals surface area contributed by atoms with Gasteiger partial charge in [-0.3, -0.25) is 4.99 Å². The van der Waals surface area contributed by atoms with Crippen molar-refractivity contribution in [3.8, 4) is 5.75 Å². The van der Waals surface area contributed by atoms with Crippen molar-refractivity contribution in [1.29, 1.82) is 0 Å². The minimum absolute atomic E-state index is 0.242. The molecule has 3 rings (SSSR count). The number of hydrogen-bond donors (Lipinski definition) is 1. The molecule has 0 radical (unpaired) electrons. The molecule has 0 bridgehead atoms. The molecule has 4 nitrogen and oxygen atoms in total.